The predicted octanol–water partition coefficient (Wildman–Crippen LogP) is -0.797. The lowest BCUT2D eigenvalue weighted by molar-refractivity contribution is -0.138. The number of carboxylic acid groups (broad SMARTS) is 1. The molecule has 88 valence electrons. The summed E-state index contributed by atoms with van der Waals surface area (Å²) >= 11 is 0. The molecule has 3 N–H and O–H groups in total. The summed E-state index contributed by atoms with van der Waals surface area (Å²) in [5, 5.41) is 16.5. The predicted molar refractivity (Wildman–Crippen MR) is 59.4 cm³/mol. The summed E-state index contributed by atoms with van der Waals surface area (Å²) in [6, 6.07) is 5.53. The van der Waals surface area contributed by atoms with E-state index < -0.39 is 17.6 Å². The maximum Gasteiger partial charge on any atom is 0.322 e. The molecule has 0 bridgehead atoms. The molecule has 1 aromatic carbocycles. The Bertz CT molecular complexity index is 622. The standard InChI is InChI=1S/C10H10N4O3/c11-7(10(16)17)5-14-9(15)6-3-1-2-4-8(6)12-13-14/h1-4,7H,5,11H2,(H,16,17). The second-order valence-corrected chi connectivity index (χ2v) is 3.54. The first-order valence-corrected chi connectivity index (χ1v) is 4.90. The zero-order chi connectivity index (χ0) is 12.4. The topological polar surface area (TPSA) is 111 Å². The number of nitrogens with zero attached hydrogens (tertiary/aromatic N) is 3. The van der Waals surface area contributed by atoms with Crippen LogP contribution < -0.4 is 11.3 Å². The van der Waals surface area contributed by atoms with Crippen LogP contribution in [0.2, 0.25) is 0 Å². The van der Waals surface area contributed by atoms with Crippen LogP contribution in [-0.4, -0.2) is 32.1 Å². The van der Waals surface area contributed by atoms with Crippen LogP contribution in [0.4, 0.5) is 0 Å². The molecule has 7 heteroatoms. The van der Waals surface area contributed by atoms with Crippen LogP contribution in [-0.2, 0) is 11.3 Å². The van der Waals surface area contributed by atoms with E-state index in [2.05, 4.69) is 10.3 Å². The van der Waals surface area contributed by atoms with Crippen LogP contribution >= 0.6 is 0 Å². The van der Waals surface area contributed by atoms with E-state index in [-0.39, 0.29) is 6.54 Å². The van der Waals surface area contributed by atoms with Crippen molar-refractivity contribution in [2.45, 2.75) is 12.6 Å². The van der Waals surface area contributed by atoms with Crippen molar-refractivity contribution >= 4 is 16.9 Å². The summed E-state index contributed by atoms with van der Waals surface area (Å²) < 4.78 is 0.959. The van der Waals surface area contributed by atoms with Crippen LogP contribution in [0.3, 0.4) is 0 Å². The normalized spacial score (nSPS) is 12.5. The summed E-state index contributed by atoms with van der Waals surface area (Å²) in [7, 11) is 0. The number of hydrogen-bond donors (Lipinski definition) is 2. The van der Waals surface area contributed by atoms with Crippen LogP contribution in [0, 0.1) is 0 Å². The molecule has 0 saturated carbocycles. The van der Waals surface area contributed by atoms with Crippen molar-refractivity contribution in [3.8, 4) is 0 Å². The summed E-state index contributed by atoms with van der Waals surface area (Å²) in [5.41, 5.74) is 5.41. The van der Waals surface area contributed by atoms with Gasteiger partial charge in [0.05, 0.1) is 11.9 Å². The molecule has 0 fully saturated rings. The van der Waals surface area contributed by atoms with Gasteiger partial charge >= 0.3 is 5.97 Å². The lowest BCUT2D eigenvalue weighted by Crippen LogP contribution is -2.39. The number of aliphatic carboxylic acids is 1. The van der Waals surface area contributed by atoms with E-state index in [1.165, 1.54) is 0 Å². The molecule has 0 spiro atoms. The molecule has 2 rings (SSSR count). The Morgan fingerprint density at radius 2 is 2.18 bits per heavy atom. The monoisotopic (exact) mass is 234 g/mol. The quantitative estimate of drug-likeness (QED) is 0.719. The van der Waals surface area contributed by atoms with Gasteiger partial charge in [-0.05, 0) is 12.1 Å². The molecule has 0 radical (unpaired) electrons. The zero-order valence-electron chi connectivity index (χ0n) is 8.78. The Labute approximate surface area is 95.5 Å². The van der Waals surface area contributed by atoms with E-state index in [1.54, 1.807) is 24.3 Å². The highest BCUT2D eigenvalue weighted by Gasteiger charge is 2.14. The van der Waals surface area contributed by atoms with Gasteiger partial charge in [-0.25, -0.2) is 4.68 Å². The second-order valence-electron chi connectivity index (χ2n) is 3.54. The van der Waals surface area contributed by atoms with Gasteiger partial charge in [-0.3, -0.25) is 9.59 Å². The first-order valence-electron chi connectivity index (χ1n) is 4.90. The Kier molecular flexibility index (Phi) is 2.84. The minimum Gasteiger partial charge on any atom is -0.480 e. The first kappa shape index (κ1) is 11.2. The van der Waals surface area contributed by atoms with Gasteiger partial charge in [-0.15, -0.1) is 5.10 Å². The fourth-order valence-electron chi connectivity index (χ4n) is 1.41. The number of aromatic nitrogens is 3. The number of carbonyl (C=O) groups is 1. The molecule has 1 atom stereocenters. The van der Waals surface area contributed by atoms with Crippen molar-refractivity contribution in [2.24, 2.45) is 5.73 Å². The minimum atomic E-state index is -1.19. The lowest BCUT2D eigenvalue weighted by atomic mass is 10.2. The van der Waals surface area contributed by atoms with Gasteiger partial charge in [0.15, 0.2) is 0 Å². The fraction of sp³-hybridized carbons (Fsp3) is 0.200. The highest BCUT2D eigenvalue weighted by Crippen LogP contribution is 2.03. The van der Waals surface area contributed by atoms with E-state index in [0.29, 0.717) is 10.9 Å². The molecule has 0 aliphatic heterocycles. The van der Waals surface area contributed by atoms with Crippen molar-refractivity contribution < 1.29 is 9.90 Å². The fourth-order valence-corrected chi connectivity index (χ4v) is 1.41. The average Bonchev–Trinajstić information content (AvgIpc) is 2.33. The van der Waals surface area contributed by atoms with Gasteiger partial charge in [0, 0.05) is 0 Å². The summed E-state index contributed by atoms with van der Waals surface area (Å²) in [4.78, 5) is 22.5. The average molecular weight is 234 g/mol. The number of nitrogens with two attached hydrogens (primary N) is 1. The van der Waals surface area contributed by atoms with E-state index in [1.807, 2.05) is 0 Å². The molecule has 0 aliphatic rings. The number of fused-ring (bicyclic) bond motifs is 1. The van der Waals surface area contributed by atoms with Gasteiger partial charge in [0.2, 0.25) is 0 Å². The van der Waals surface area contributed by atoms with Gasteiger partial charge in [0.25, 0.3) is 5.56 Å². The molecular weight excluding hydrogens is 224 g/mol. The van der Waals surface area contributed by atoms with Crippen molar-refractivity contribution in [1.29, 1.82) is 0 Å². The SMILES string of the molecule is NC(Cn1nnc2ccccc2c1=O)C(=O)O. The van der Waals surface area contributed by atoms with Gasteiger partial charge in [-0.1, -0.05) is 17.3 Å². The lowest BCUT2D eigenvalue weighted by Gasteiger charge is -2.07. The maximum atomic E-state index is 11.9. The third kappa shape index (κ3) is 2.13. The smallest absolute Gasteiger partial charge is 0.322 e. The molecule has 0 saturated heterocycles. The molecule has 2 aromatic rings. The van der Waals surface area contributed by atoms with Crippen molar-refractivity contribution in [3.05, 3.63) is 34.6 Å². The Balaban J connectivity index is 2.46. The van der Waals surface area contributed by atoms with Crippen LogP contribution in [0.5, 0.6) is 0 Å². The number of hydrogen-bond acceptors (Lipinski definition) is 5. The third-order valence-corrected chi connectivity index (χ3v) is 2.32. The first-order chi connectivity index (χ1) is 8.09. The number of rotatable bonds is 3. The zero-order valence-corrected chi connectivity index (χ0v) is 8.78. The Morgan fingerprint density at radius 1 is 1.47 bits per heavy atom. The van der Waals surface area contributed by atoms with Gasteiger partial charge in [0.1, 0.15) is 11.6 Å². The van der Waals surface area contributed by atoms with Crippen LogP contribution in [0.1, 0.15) is 0 Å². The number of benzene rings is 1. The van der Waals surface area contributed by atoms with Gasteiger partial charge in [-0.2, -0.15) is 0 Å². The second kappa shape index (κ2) is 4.30. The summed E-state index contributed by atoms with van der Waals surface area (Å²) in [6.45, 7) is -0.202. The maximum absolute atomic E-state index is 11.9. The van der Waals surface area contributed by atoms with Crippen LogP contribution in [0.15, 0.2) is 29.1 Å². The number of carboxylic acids is 1. The van der Waals surface area contributed by atoms with Crippen molar-refractivity contribution in [3.63, 3.8) is 0 Å². The van der Waals surface area contributed by atoms with Crippen molar-refractivity contribution in [1.82, 2.24) is 15.0 Å². The van der Waals surface area contributed by atoms with Crippen LogP contribution in [0.25, 0.3) is 10.9 Å². The van der Waals surface area contributed by atoms with E-state index in [9.17, 15) is 9.59 Å². The Hall–Kier alpha value is -2.28. The molecule has 0 amide bonds. The molecule has 1 unspecified atom stereocenters. The molecule has 1 aromatic heterocycles. The highest BCUT2D eigenvalue weighted by atomic mass is 16.4. The van der Waals surface area contributed by atoms with E-state index in [4.69, 9.17) is 10.8 Å². The van der Waals surface area contributed by atoms with Gasteiger partial charge < -0.3 is 10.8 Å². The molecule has 1 heterocycles. The van der Waals surface area contributed by atoms with E-state index in [0.717, 1.165) is 4.68 Å². The molecule has 7 nitrogen and oxygen atoms in total. The molecule has 17 heavy (non-hydrogen) atoms. The third-order valence-electron chi connectivity index (χ3n) is 2.32. The van der Waals surface area contributed by atoms with E-state index >= 15 is 0 Å². The largest absolute Gasteiger partial charge is 0.480 e. The summed E-state index contributed by atoms with van der Waals surface area (Å²) in [5.74, 6) is -1.19. The molecule has 0 aliphatic carbocycles. The molecular formula is C10H10N4O3. The minimum absolute atomic E-state index is 0.202. The highest BCUT2D eigenvalue weighted by molar-refractivity contribution is 5.76. The Morgan fingerprint density at radius 3 is 2.88 bits per heavy atom. The summed E-state index contributed by atoms with van der Waals surface area (Å²) in [6.07, 6.45) is 0. The van der Waals surface area contributed by atoms with Crippen molar-refractivity contribution in [2.75, 3.05) is 0 Å².